The van der Waals surface area contributed by atoms with Crippen LogP contribution in [0.25, 0.3) is 11.3 Å². The van der Waals surface area contributed by atoms with Gasteiger partial charge in [0.15, 0.2) is 5.78 Å². The number of hydrogen-bond donors (Lipinski definition) is 1. The number of piperidine rings is 1. The molecule has 27 heavy (non-hydrogen) atoms. The number of nitrogens with zero attached hydrogens (tertiary/aromatic N) is 2. The second-order valence-electron chi connectivity index (χ2n) is 7.15. The summed E-state index contributed by atoms with van der Waals surface area (Å²) < 4.78 is 13.2. The van der Waals surface area contributed by atoms with Gasteiger partial charge in [0.1, 0.15) is 5.82 Å². The summed E-state index contributed by atoms with van der Waals surface area (Å²) in [7, 11) is 0. The summed E-state index contributed by atoms with van der Waals surface area (Å²) in [6, 6.07) is 8.44. The molecule has 1 atom stereocenters. The normalized spacial score (nSPS) is 17.9. The van der Waals surface area contributed by atoms with Gasteiger partial charge in [-0.2, -0.15) is 5.10 Å². The van der Waals surface area contributed by atoms with E-state index >= 15 is 0 Å². The fraction of sp³-hybridized carbons (Fsp3) is 0.333. The van der Waals surface area contributed by atoms with E-state index in [4.69, 9.17) is 0 Å². The maximum atomic E-state index is 13.2. The highest BCUT2D eigenvalue weighted by atomic mass is 32.1. The second kappa shape index (κ2) is 7.74. The van der Waals surface area contributed by atoms with Gasteiger partial charge in [-0.1, -0.05) is 0 Å². The predicted molar refractivity (Wildman–Crippen MR) is 105 cm³/mol. The summed E-state index contributed by atoms with van der Waals surface area (Å²) in [6.07, 6.45) is 3.79. The highest BCUT2D eigenvalue weighted by Crippen LogP contribution is 2.28. The molecule has 0 amide bonds. The third-order valence-electron chi connectivity index (χ3n) is 5.21. The van der Waals surface area contributed by atoms with E-state index in [-0.39, 0.29) is 17.5 Å². The molecule has 0 spiro atoms. The number of H-pyrrole nitrogens is 1. The predicted octanol–water partition coefficient (Wildman–Crippen LogP) is 4.68. The number of carbonyl (C=O) groups excluding carboxylic acids is 1. The molecule has 1 saturated heterocycles. The zero-order valence-corrected chi connectivity index (χ0v) is 16.1. The molecule has 140 valence electrons. The number of likely N-dealkylation sites (tertiary alicyclic amines) is 1. The number of benzene rings is 1. The zero-order valence-electron chi connectivity index (χ0n) is 15.2. The number of rotatable bonds is 5. The maximum Gasteiger partial charge on any atom is 0.177 e. The van der Waals surface area contributed by atoms with Crippen LogP contribution in [0, 0.1) is 18.7 Å². The first-order chi connectivity index (χ1) is 13.1. The summed E-state index contributed by atoms with van der Waals surface area (Å²) in [6.45, 7) is 4.48. The number of Topliss-reactive ketones (excluding diaryl/α,β-unsaturated/α-hetero) is 1. The average Bonchev–Trinajstić information content (AvgIpc) is 3.31. The fourth-order valence-corrected chi connectivity index (χ4v) is 4.71. The highest BCUT2D eigenvalue weighted by Gasteiger charge is 2.28. The standard InChI is InChI=1S/C21H22FN3OS/c1-14-8-10-27-21(14)20(26)16-3-2-9-25(12-16)13-17-11-23-24-19(17)15-4-6-18(22)7-5-15/h4-8,10-11,16H,2-3,9,12-13H2,1H3,(H,23,24)/t16-/m1/s1. The van der Waals surface area contributed by atoms with E-state index < -0.39 is 0 Å². The first-order valence-corrected chi connectivity index (χ1v) is 10.1. The van der Waals surface area contributed by atoms with E-state index in [2.05, 4.69) is 15.1 Å². The van der Waals surface area contributed by atoms with Crippen molar-refractivity contribution in [1.82, 2.24) is 15.1 Å². The molecule has 4 rings (SSSR count). The Balaban J connectivity index is 1.47. The van der Waals surface area contributed by atoms with E-state index in [1.807, 2.05) is 24.6 Å². The minimum atomic E-state index is -0.249. The number of carbonyl (C=O) groups is 1. The Kier molecular flexibility index (Phi) is 5.18. The Labute approximate surface area is 162 Å². The summed E-state index contributed by atoms with van der Waals surface area (Å²) in [5.41, 5.74) is 3.98. The van der Waals surface area contributed by atoms with E-state index in [9.17, 15) is 9.18 Å². The first kappa shape index (κ1) is 18.1. The van der Waals surface area contributed by atoms with Crippen LogP contribution in [0.5, 0.6) is 0 Å². The molecule has 0 radical (unpaired) electrons. The lowest BCUT2D eigenvalue weighted by Crippen LogP contribution is -2.38. The van der Waals surface area contributed by atoms with Gasteiger partial charge in [0.05, 0.1) is 16.8 Å². The van der Waals surface area contributed by atoms with Crippen LogP contribution in [-0.4, -0.2) is 34.0 Å². The van der Waals surface area contributed by atoms with Gasteiger partial charge in [-0.25, -0.2) is 4.39 Å². The number of hydrogen-bond acceptors (Lipinski definition) is 4. The van der Waals surface area contributed by atoms with Gasteiger partial charge in [-0.05, 0) is 67.6 Å². The van der Waals surface area contributed by atoms with Crippen LogP contribution in [0.3, 0.4) is 0 Å². The topological polar surface area (TPSA) is 49.0 Å². The summed E-state index contributed by atoms with van der Waals surface area (Å²) in [5, 5.41) is 9.20. The largest absolute Gasteiger partial charge is 0.298 e. The van der Waals surface area contributed by atoms with E-state index in [1.165, 1.54) is 12.1 Å². The van der Waals surface area contributed by atoms with Gasteiger partial charge in [0.25, 0.3) is 0 Å². The molecule has 0 bridgehead atoms. The number of thiophene rings is 1. The lowest BCUT2D eigenvalue weighted by Gasteiger charge is -2.31. The Bertz CT molecular complexity index is 931. The van der Waals surface area contributed by atoms with Crippen LogP contribution in [-0.2, 0) is 6.54 Å². The van der Waals surface area contributed by atoms with Crippen molar-refractivity contribution in [3.05, 3.63) is 63.7 Å². The van der Waals surface area contributed by atoms with Crippen molar-refractivity contribution in [1.29, 1.82) is 0 Å². The molecule has 0 saturated carbocycles. The number of nitrogens with one attached hydrogen (secondary N) is 1. The molecular formula is C21H22FN3OS. The van der Waals surface area contributed by atoms with Crippen LogP contribution in [0.4, 0.5) is 4.39 Å². The van der Waals surface area contributed by atoms with Crippen molar-refractivity contribution >= 4 is 17.1 Å². The Morgan fingerprint density at radius 3 is 2.89 bits per heavy atom. The van der Waals surface area contributed by atoms with E-state index in [1.54, 1.807) is 23.5 Å². The molecule has 3 aromatic rings. The quantitative estimate of drug-likeness (QED) is 0.651. The van der Waals surface area contributed by atoms with Crippen molar-refractivity contribution in [3.63, 3.8) is 0 Å². The molecule has 1 aliphatic rings. The summed E-state index contributed by atoms with van der Waals surface area (Å²) in [5.74, 6) is 0.0801. The second-order valence-corrected chi connectivity index (χ2v) is 8.06. The lowest BCUT2D eigenvalue weighted by molar-refractivity contribution is 0.0815. The third-order valence-corrected chi connectivity index (χ3v) is 6.24. The summed E-state index contributed by atoms with van der Waals surface area (Å²) >= 11 is 1.55. The minimum Gasteiger partial charge on any atom is -0.298 e. The van der Waals surface area contributed by atoms with Gasteiger partial charge in [-0.3, -0.25) is 14.8 Å². The molecule has 0 aliphatic carbocycles. The van der Waals surface area contributed by atoms with E-state index in [0.717, 1.165) is 59.7 Å². The van der Waals surface area contributed by atoms with Crippen LogP contribution in [0.15, 0.2) is 41.9 Å². The van der Waals surface area contributed by atoms with Gasteiger partial charge in [-0.15, -0.1) is 11.3 Å². The van der Waals surface area contributed by atoms with Gasteiger partial charge in [0.2, 0.25) is 0 Å². The third kappa shape index (κ3) is 3.87. The number of aromatic nitrogens is 2. The molecular weight excluding hydrogens is 361 g/mol. The van der Waals surface area contributed by atoms with Crippen molar-refractivity contribution < 1.29 is 9.18 Å². The molecule has 1 aromatic carbocycles. The lowest BCUT2D eigenvalue weighted by atomic mass is 9.91. The van der Waals surface area contributed by atoms with Crippen LogP contribution in [0.1, 0.15) is 33.6 Å². The average molecular weight is 383 g/mol. The SMILES string of the molecule is Cc1ccsc1C(=O)[C@@H]1CCCN(Cc2cn[nH]c2-c2ccc(F)cc2)C1. The van der Waals surface area contributed by atoms with Crippen LogP contribution in [0.2, 0.25) is 0 Å². The molecule has 1 fully saturated rings. The molecule has 6 heteroatoms. The van der Waals surface area contributed by atoms with Gasteiger partial charge in [0, 0.05) is 30.1 Å². The monoisotopic (exact) mass is 383 g/mol. The zero-order chi connectivity index (χ0) is 18.8. The Morgan fingerprint density at radius 1 is 1.33 bits per heavy atom. The van der Waals surface area contributed by atoms with Crippen LogP contribution >= 0.6 is 11.3 Å². The number of halogens is 1. The van der Waals surface area contributed by atoms with Crippen molar-refractivity contribution in [3.8, 4) is 11.3 Å². The fourth-order valence-electron chi connectivity index (χ4n) is 3.76. The number of aryl methyl sites for hydroxylation is 1. The van der Waals surface area contributed by atoms with Crippen molar-refractivity contribution in [2.45, 2.75) is 26.3 Å². The molecule has 4 nitrogen and oxygen atoms in total. The van der Waals surface area contributed by atoms with Gasteiger partial charge >= 0.3 is 0 Å². The number of ketones is 1. The molecule has 1 N–H and O–H groups in total. The minimum absolute atomic E-state index is 0.0530. The first-order valence-electron chi connectivity index (χ1n) is 9.20. The smallest absolute Gasteiger partial charge is 0.177 e. The Morgan fingerprint density at radius 2 is 2.15 bits per heavy atom. The van der Waals surface area contributed by atoms with Gasteiger partial charge < -0.3 is 0 Å². The Hall–Kier alpha value is -2.31. The molecule has 3 heterocycles. The van der Waals surface area contributed by atoms with E-state index in [0.29, 0.717) is 0 Å². The van der Waals surface area contributed by atoms with Crippen LogP contribution < -0.4 is 0 Å². The number of aromatic amines is 1. The molecule has 2 aromatic heterocycles. The highest BCUT2D eigenvalue weighted by molar-refractivity contribution is 7.12. The molecule has 1 aliphatic heterocycles. The maximum absolute atomic E-state index is 13.2. The van der Waals surface area contributed by atoms with Crippen molar-refractivity contribution in [2.75, 3.05) is 13.1 Å². The molecule has 0 unspecified atom stereocenters. The van der Waals surface area contributed by atoms with Crippen molar-refractivity contribution in [2.24, 2.45) is 5.92 Å². The summed E-state index contributed by atoms with van der Waals surface area (Å²) in [4.78, 5) is 16.1.